The zero-order valence-electron chi connectivity index (χ0n) is 10.4. The van der Waals surface area contributed by atoms with E-state index in [2.05, 4.69) is 16.6 Å². The van der Waals surface area contributed by atoms with E-state index in [4.69, 9.17) is 0 Å². The maximum absolute atomic E-state index is 11.2. The summed E-state index contributed by atoms with van der Waals surface area (Å²) in [4.78, 5) is 11.2. The number of benzene rings is 1. The van der Waals surface area contributed by atoms with E-state index in [0.717, 1.165) is 17.8 Å². The van der Waals surface area contributed by atoms with Crippen LogP contribution >= 0.6 is 0 Å². The first-order valence-corrected chi connectivity index (χ1v) is 5.69. The van der Waals surface area contributed by atoms with Gasteiger partial charge in [-0.25, -0.2) is 0 Å². The van der Waals surface area contributed by atoms with Crippen molar-refractivity contribution in [3.05, 3.63) is 42.5 Å². The van der Waals surface area contributed by atoms with Gasteiger partial charge in [-0.1, -0.05) is 25.1 Å². The van der Waals surface area contributed by atoms with Crippen LogP contribution in [0.1, 0.15) is 24.8 Å². The van der Waals surface area contributed by atoms with Gasteiger partial charge >= 0.3 is 5.97 Å². The van der Waals surface area contributed by atoms with E-state index in [1.54, 1.807) is 0 Å². The first-order valence-electron chi connectivity index (χ1n) is 5.69. The Morgan fingerprint density at radius 3 is 2.65 bits per heavy atom. The largest absolute Gasteiger partial charge is 0.469 e. The van der Waals surface area contributed by atoms with E-state index < -0.39 is 0 Å². The van der Waals surface area contributed by atoms with Crippen molar-refractivity contribution >= 4 is 11.7 Å². The van der Waals surface area contributed by atoms with E-state index in [0.29, 0.717) is 6.42 Å². The summed E-state index contributed by atoms with van der Waals surface area (Å²) in [5, 5.41) is 3.20. The molecule has 0 fully saturated rings. The second kappa shape index (κ2) is 6.74. The highest BCUT2D eigenvalue weighted by Crippen LogP contribution is 2.21. The van der Waals surface area contributed by atoms with Gasteiger partial charge in [-0.2, -0.15) is 0 Å². The molecule has 1 aromatic rings. The fourth-order valence-corrected chi connectivity index (χ4v) is 1.57. The number of esters is 1. The average Bonchev–Trinajstić information content (AvgIpc) is 2.36. The third-order valence-electron chi connectivity index (χ3n) is 2.63. The van der Waals surface area contributed by atoms with Crippen molar-refractivity contribution in [3.8, 4) is 0 Å². The van der Waals surface area contributed by atoms with Crippen LogP contribution in [-0.2, 0) is 9.53 Å². The second-order valence-corrected chi connectivity index (χ2v) is 3.97. The SMILES string of the molecule is C=CCNc1ccc(C(C)CC(=O)OC)cc1. The summed E-state index contributed by atoms with van der Waals surface area (Å²) in [5.74, 6) is 0.00210. The highest BCUT2D eigenvalue weighted by Gasteiger charge is 2.10. The predicted octanol–water partition coefficient (Wildman–Crippen LogP) is 2.95. The van der Waals surface area contributed by atoms with Crippen LogP contribution in [0.2, 0.25) is 0 Å². The molecule has 3 nitrogen and oxygen atoms in total. The number of nitrogens with one attached hydrogen (secondary N) is 1. The normalized spacial score (nSPS) is 11.6. The molecule has 0 bridgehead atoms. The van der Waals surface area contributed by atoms with Gasteiger partial charge in [0.2, 0.25) is 0 Å². The molecule has 1 rings (SSSR count). The number of anilines is 1. The summed E-state index contributed by atoms with van der Waals surface area (Å²) < 4.78 is 4.66. The Morgan fingerprint density at radius 1 is 1.47 bits per heavy atom. The highest BCUT2D eigenvalue weighted by atomic mass is 16.5. The van der Waals surface area contributed by atoms with Gasteiger partial charge < -0.3 is 10.1 Å². The Morgan fingerprint density at radius 2 is 2.12 bits per heavy atom. The van der Waals surface area contributed by atoms with Gasteiger partial charge in [-0.05, 0) is 23.6 Å². The minimum absolute atomic E-state index is 0.175. The van der Waals surface area contributed by atoms with E-state index in [9.17, 15) is 4.79 Å². The summed E-state index contributed by atoms with van der Waals surface area (Å²) in [7, 11) is 1.41. The lowest BCUT2D eigenvalue weighted by Gasteiger charge is -2.11. The molecular formula is C14H19NO2. The summed E-state index contributed by atoms with van der Waals surface area (Å²) in [6, 6.07) is 8.07. The number of rotatable bonds is 6. The molecule has 0 aliphatic carbocycles. The molecule has 3 heteroatoms. The summed E-state index contributed by atoms with van der Waals surface area (Å²) in [6.07, 6.45) is 2.23. The molecule has 1 atom stereocenters. The van der Waals surface area contributed by atoms with Crippen molar-refractivity contribution in [2.45, 2.75) is 19.3 Å². The molecule has 0 spiro atoms. The van der Waals surface area contributed by atoms with Gasteiger partial charge in [0.15, 0.2) is 0 Å². The standard InChI is InChI=1S/C14H19NO2/c1-4-9-15-13-7-5-12(6-8-13)11(2)10-14(16)17-3/h4-8,11,15H,1,9-10H2,2-3H3. The molecule has 92 valence electrons. The first kappa shape index (κ1) is 13.3. The summed E-state index contributed by atoms with van der Waals surface area (Å²) >= 11 is 0. The van der Waals surface area contributed by atoms with Gasteiger partial charge in [0.1, 0.15) is 0 Å². The predicted molar refractivity (Wildman–Crippen MR) is 70.2 cm³/mol. The molecule has 0 amide bonds. The van der Waals surface area contributed by atoms with E-state index >= 15 is 0 Å². The van der Waals surface area contributed by atoms with Gasteiger partial charge in [-0.15, -0.1) is 6.58 Å². The molecule has 1 unspecified atom stereocenters. The quantitative estimate of drug-likeness (QED) is 0.606. The van der Waals surface area contributed by atoms with Crippen molar-refractivity contribution < 1.29 is 9.53 Å². The summed E-state index contributed by atoms with van der Waals surface area (Å²) in [5.41, 5.74) is 2.19. The van der Waals surface area contributed by atoms with Gasteiger partial charge in [-0.3, -0.25) is 4.79 Å². The first-order chi connectivity index (χ1) is 8.17. The highest BCUT2D eigenvalue weighted by molar-refractivity contribution is 5.70. The molecule has 1 N–H and O–H groups in total. The number of carbonyl (C=O) groups excluding carboxylic acids is 1. The second-order valence-electron chi connectivity index (χ2n) is 3.97. The van der Waals surface area contributed by atoms with Crippen LogP contribution in [-0.4, -0.2) is 19.6 Å². The van der Waals surface area contributed by atoms with Crippen molar-refractivity contribution in [2.24, 2.45) is 0 Å². The lowest BCUT2D eigenvalue weighted by atomic mass is 9.98. The fraction of sp³-hybridized carbons (Fsp3) is 0.357. The maximum atomic E-state index is 11.2. The molecule has 0 aliphatic heterocycles. The Kier molecular flexibility index (Phi) is 5.27. The van der Waals surface area contributed by atoms with Crippen molar-refractivity contribution in [3.63, 3.8) is 0 Å². The smallest absolute Gasteiger partial charge is 0.306 e. The molecule has 0 saturated heterocycles. The van der Waals surface area contributed by atoms with Crippen molar-refractivity contribution in [1.29, 1.82) is 0 Å². The zero-order chi connectivity index (χ0) is 12.7. The molecule has 0 saturated carbocycles. The third-order valence-corrected chi connectivity index (χ3v) is 2.63. The average molecular weight is 233 g/mol. The number of methoxy groups -OCH3 is 1. The molecule has 0 aliphatic rings. The van der Waals surface area contributed by atoms with Crippen LogP contribution in [0.25, 0.3) is 0 Å². The van der Waals surface area contributed by atoms with Crippen LogP contribution in [0.3, 0.4) is 0 Å². The number of ether oxygens (including phenoxy) is 1. The Bertz CT molecular complexity index is 370. The molecular weight excluding hydrogens is 214 g/mol. The van der Waals surface area contributed by atoms with Crippen LogP contribution in [0.5, 0.6) is 0 Å². The third kappa shape index (κ3) is 4.31. The minimum Gasteiger partial charge on any atom is -0.469 e. The van der Waals surface area contributed by atoms with E-state index in [1.807, 2.05) is 37.3 Å². The lowest BCUT2D eigenvalue weighted by molar-refractivity contribution is -0.140. The van der Waals surface area contributed by atoms with Crippen molar-refractivity contribution in [1.82, 2.24) is 0 Å². The molecule has 17 heavy (non-hydrogen) atoms. The fourth-order valence-electron chi connectivity index (χ4n) is 1.57. The zero-order valence-corrected chi connectivity index (χ0v) is 10.4. The Balaban J connectivity index is 2.60. The number of carbonyl (C=O) groups is 1. The summed E-state index contributed by atoms with van der Waals surface area (Å²) in [6.45, 7) is 6.41. The van der Waals surface area contributed by atoms with Gasteiger partial charge in [0, 0.05) is 12.2 Å². The molecule has 0 radical (unpaired) electrons. The molecule has 0 aromatic heterocycles. The number of hydrogen-bond donors (Lipinski definition) is 1. The topological polar surface area (TPSA) is 38.3 Å². The van der Waals surface area contributed by atoms with Crippen molar-refractivity contribution in [2.75, 3.05) is 19.0 Å². The van der Waals surface area contributed by atoms with Crippen LogP contribution in [0.15, 0.2) is 36.9 Å². The minimum atomic E-state index is -0.175. The lowest BCUT2D eigenvalue weighted by Crippen LogP contribution is -2.06. The Hall–Kier alpha value is -1.77. The van der Waals surface area contributed by atoms with E-state index in [-0.39, 0.29) is 11.9 Å². The number of hydrogen-bond acceptors (Lipinski definition) is 3. The van der Waals surface area contributed by atoms with Crippen LogP contribution in [0, 0.1) is 0 Å². The molecule has 1 aromatic carbocycles. The van der Waals surface area contributed by atoms with Crippen LogP contribution in [0.4, 0.5) is 5.69 Å². The Labute approximate surface area is 102 Å². The van der Waals surface area contributed by atoms with E-state index in [1.165, 1.54) is 7.11 Å². The van der Waals surface area contributed by atoms with Crippen LogP contribution < -0.4 is 5.32 Å². The van der Waals surface area contributed by atoms with Gasteiger partial charge in [0.25, 0.3) is 0 Å². The molecule has 0 heterocycles. The maximum Gasteiger partial charge on any atom is 0.306 e. The monoisotopic (exact) mass is 233 g/mol. The van der Waals surface area contributed by atoms with Gasteiger partial charge in [0.05, 0.1) is 13.5 Å².